The molecule has 2 aromatic rings. The molecule has 6 rings (SSSR count). The highest BCUT2D eigenvalue weighted by molar-refractivity contribution is 9.11. The Balaban J connectivity index is 1.17. The number of likely N-dealkylation sites (tertiary alicyclic amines) is 1. The number of anilines is 3. The first-order valence-electron chi connectivity index (χ1n) is 16.5. The van der Waals surface area contributed by atoms with E-state index in [0.717, 1.165) is 48.2 Å². The first-order chi connectivity index (χ1) is 22.7. The van der Waals surface area contributed by atoms with Gasteiger partial charge in [-0.05, 0) is 86.1 Å². The molecule has 4 heterocycles. The van der Waals surface area contributed by atoms with Crippen LogP contribution in [0, 0.1) is 0 Å². The summed E-state index contributed by atoms with van der Waals surface area (Å²) in [5.74, 6) is 2.32. The smallest absolute Gasteiger partial charge is 0.202 e. The summed E-state index contributed by atoms with van der Waals surface area (Å²) in [6, 6.07) is 8.19. The number of methoxy groups -OCH3 is 1. The molecule has 2 saturated heterocycles. The number of piperidine rings is 1. The molecule has 0 radical (unpaired) electrons. The van der Waals surface area contributed by atoms with Gasteiger partial charge in [0, 0.05) is 50.2 Å². The van der Waals surface area contributed by atoms with Crippen molar-refractivity contribution < 1.29 is 28.3 Å². The minimum absolute atomic E-state index is 0.283. The molecule has 262 valence electrons. The molecule has 4 N–H and O–H groups in total. The topological polar surface area (TPSA) is 120 Å². The zero-order valence-electron chi connectivity index (χ0n) is 28.5. The van der Waals surface area contributed by atoms with Crippen molar-refractivity contribution in [1.29, 1.82) is 0 Å². The molecule has 4 aliphatic rings. The van der Waals surface area contributed by atoms with Crippen LogP contribution in [0.5, 0.6) is 17.2 Å². The van der Waals surface area contributed by atoms with Crippen LogP contribution in [0.15, 0.2) is 39.9 Å². The molecule has 11 nitrogen and oxygen atoms in total. The van der Waals surface area contributed by atoms with Crippen LogP contribution in [0.2, 0.25) is 0 Å². The van der Waals surface area contributed by atoms with Gasteiger partial charge in [0.05, 0.1) is 33.9 Å². The summed E-state index contributed by atoms with van der Waals surface area (Å²) in [6.07, 6.45) is 4.00. The van der Waals surface area contributed by atoms with Crippen LogP contribution >= 0.6 is 23.1 Å². The van der Waals surface area contributed by atoms with Crippen molar-refractivity contribution >= 4 is 51.4 Å². The number of aliphatic hydroxyl groups is 1. The molecule has 0 aliphatic carbocycles. The van der Waals surface area contributed by atoms with Crippen LogP contribution in [0.1, 0.15) is 39.2 Å². The van der Waals surface area contributed by atoms with E-state index in [1.165, 1.54) is 5.56 Å². The molecule has 0 saturated carbocycles. The maximum atomic E-state index is 15.0. The number of nitrogens with one attached hydrogen (secondary N) is 3. The average Bonchev–Trinajstić information content (AvgIpc) is 3.03. The lowest BCUT2D eigenvalue weighted by Crippen LogP contribution is -2.71. The second kappa shape index (κ2) is 13.4. The van der Waals surface area contributed by atoms with Gasteiger partial charge in [0.15, 0.2) is 23.3 Å². The standard InChI is InChI=1S/C34H47BrFN6O5P/c1-7-21-16-25(28(45-4)17-26(21)41-12-10-22(11-13-41)42-19-34(36,20-42)33(2,3)43)39-32-37-18-23(35)31(40-32)38-24-8-9-27-29(47-15-14-46-27)30(24)48(5,6)44/h8-9,16-18,22,31,38,43H,7,10-15,19-20H2,1-6H3,(H2,37,39,40). The average molecular weight is 750 g/mol. The minimum atomic E-state index is -2.76. The summed E-state index contributed by atoms with van der Waals surface area (Å²) in [6.45, 7) is 11.8. The number of halogens is 2. The Hall–Kier alpha value is -2.99. The molecule has 14 heteroatoms. The SMILES string of the molecule is CCc1cc(NC2=NC(Nc3ccc4c(c3P(C)(C)=O)OCCO4)C(Br)=CN2)c(OC)cc1N1CCC(N2CC(F)(C(C)(C)O)C2)CC1. The predicted octanol–water partition coefficient (Wildman–Crippen LogP) is 5.09. The number of guanidine groups is 1. The van der Waals surface area contributed by atoms with E-state index in [-0.39, 0.29) is 13.1 Å². The van der Waals surface area contributed by atoms with E-state index in [1.807, 2.05) is 18.3 Å². The highest BCUT2D eigenvalue weighted by Gasteiger charge is 2.55. The highest BCUT2D eigenvalue weighted by atomic mass is 79.9. The van der Waals surface area contributed by atoms with E-state index in [0.29, 0.717) is 53.5 Å². The van der Waals surface area contributed by atoms with Crippen LogP contribution < -0.4 is 40.4 Å². The normalized spacial score (nSPS) is 21.4. The van der Waals surface area contributed by atoms with Crippen LogP contribution in [0.25, 0.3) is 0 Å². The molecule has 0 amide bonds. The van der Waals surface area contributed by atoms with E-state index in [2.05, 4.69) is 60.7 Å². The number of benzene rings is 2. The summed E-state index contributed by atoms with van der Waals surface area (Å²) in [5.41, 5.74) is 0.884. The molecular formula is C34H47BrFN6O5P. The molecule has 0 bridgehead atoms. The summed E-state index contributed by atoms with van der Waals surface area (Å²) in [5, 5.41) is 20.9. The third-order valence-corrected chi connectivity index (χ3v) is 11.9. The van der Waals surface area contributed by atoms with Gasteiger partial charge in [-0.25, -0.2) is 9.38 Å². The van der Waals surface area contributed by atoms with Gasteiger partial charge in [0.2, 0.25) is 5.96 Å². The van der Waals surface area contributed by atoms with Gasteiger partial charge in [0.25, 0.3) is 0 Å². The zero-order valence-corrected chi connectivity index (χ0v) is 31.0. The van der Waals surface area contributed by atoms with Gasteiger partial charge in [-0.3, -0.25) is 4.90 Å². The van der Waals surface area contributed by atoms with Crippen LogP contribution in [-0.4, -0.2) is 99.3 Å². The Morgan fingerprint density at radius 2 is 1.90 bits per heavy atom. The Morgan fingerprint density at radius 1 is 1.19 bits per heavy atom. The number of nitrogens with zero attached hydrogens (tertiary/aromatic N) is 3. The molecule has 4 aliphatic heterocycles. The molecule has 0 aromatic heterocycles. The quantitative estimate of drug-likeness (QED) is 0.259. The highest BCUT2D eigenvalue weighted by Crippen LogP contribution is 2.47. The minimum Gasteiger partial charge on any atom is -0.494 e. The molecule has 2 fully saturated rings. The predicted molar refractivity (Wildman–Crippen MR) is 194 cm³/mol. The number of aryl methyl sites for hydroxylation is 1. The summed E-state index contributed by atoms with van der Waals surface area (Å²) >= 11 is 3.63. The van der Waals surface area contributed by atoms with Crippen LogP contribution in [0.4, 0.5) is 21.5 Å². The fourth-order valence-electron chi connectivity index (χ4n) is 6.81. The van der Waals surface area contributed by atoms with Crippen molar-refractivity contribution in [3.05, 3.63) is 40.5 Å². The van der Waals surface area contributed by atoms with Gasteiger partial charge < -0.3 is 44.7 Å². The van der Waals surface area contributed by atoms with E-state index in [4.69, 9.17) is 19.2 Å². The Bertz CT molecular complexity index is 1650. The number of hydrogen-bond donors (Lipinski definition) is 4. The molecule has 1 atom stereocenters. The molecule has 0 spiro atoms. The lowest BCUT2D eigenvalue weighted by Gasteiger charge is -2.54. The maximum Gasteiger partial charge on any atom is 0.202 e. The van der Waals surface area contributed by atoms with E-state index < -0.39 is 24.6 Å². The lowest BCUT2D eigenvalue weighted by atomic mass is 9.79. The third-order valence-electron chi connectivity index (χ3n) is 9.74. The number of aliphatic imine (C=N–C) groups is 1. The van der Waals surface area contributed by atoms with E-state index in [9.17, 15) is 9.67 Å². The van der Waals surface area contributed by atoms with Crippen molar-refractivity contribution in [2.75, 3.05) is 75.4 Å². The number of alkyl halides is 1. The zero-order chi connectivity index (χ0) is 34.4. The van der Waals surface area contributed by atoms with Gasteiger partial charge in [0.1, 0.15) is 26.1 Å². The first kappa shape index (κ1) is 34.9. The molecule has 48 heavy (non-hydrogen) atoms. The first-order valence-corrected chi connectivity index (χ1v) is 19.9. The van der Waals surface area contributed by atoms with Gasteiger partial charge in [-0.15, -0.1) is 0 Å². The van der Waals surface area contributed by atoms with Crippen molar-refractivity contribution in [2.45, 2.75) is 63.5 Å². The molecule has 1 unspecified atom stereocenters. The van der Waals surface area contributed by atoms with Crippen molar-refractivity contribution in [2.24, 2.45) is 4.99 Å². The summed E-state index contributed by atoms with van der Waals surface area (Å²) < 4.78 is 46.8. The fourth-order valence-corrected chi connectivity index (χ4v) is 8.53. The fraction of sp³-hybridized carbons (Fsp3) is 0.559. The van der Waals surface area contributed by atoms with Crippen molar-refractivity contribution in [3.63, 3.8) is 0 Å². The molecule has 2 aromatic carbocycles. The summed E-state index contributed by atoms with van der Waals surface area (Å²) in [4.78, 5) is 9.45. The number of ether oxygens (including phenoxy) is 3. The van der Waals surface area contributed by atoms with Crippen molar-refractivity contribution in [3.8, 4) is 17.2 Å². The third kappa shape index (κ3) is 6.88. The van der Waals surface area contributed by atoms with E-state index in [1.54, 1.807) is 34.3 Å². The lowest BCUT2D eigenvalue weighted by molar-refractivity contribution is -0.170. The van der Waals surface area contributed by atoms with Crippen LogP contribution in [0.3, 0.4) is 0 Å². The number of rotatable bonds is 9. The largest absolute Gasteiger partial charge is 0.494 e. The number of fused-ring (bicyclic) bond motifs is 1. The number of hydrogen-bond acceptors (Lipinski definition) is 11. The van der Waals surface area contributed by atoms with Gasteiger partial charge in [-0.1, -0.05) is 6.92 Å². The van der Waals surface area contributed by atoms with E-state index >= 15 is 4.39 Å². The monoisotopic (exact) mass is 748 g/mol. The molecular weight excluding hydrogens is 702 g/mol. The summed E-state index contributed by atoms with van der Waals surface area (Å²) in [7, 11) is -1.10. The van der Waals surface area contributed by atoms with Crippen molar-refractivity contribution in [1.82, 2.24) is 10.2 Å². The van der Waals surface area contributed by atoms with Gasteiger partial charge >= 0.3 is 0 Å². The Labute approximate surface area is 290 Å². The Kier molecular flexibility index (Phi) is 9.72. The second-order valence-corrected chi connectivity index (χ2v) is 17.9. The Morgan fingerprint density at radius 3 is 2.54 bits per heavy atom. The second-order valence-electron chi connectivity index (χ2n) is 13.8. The van der Waals surface area contributed by atoms with Gasteiger partial charge in [-0.2, -0.15) is 0 Å². The maximum absolute atomic E-state index is 15.0. The van der Waals surface area contributed by atoms with Crippen LogP contribution in [-0.2, 0) is 11.0 Å².